The van der Waals surface area contributed by atoms with E-state index < -0.39 is 5.41 Å². The molecule has 1 spiro atoms. The van der Waals surface area contributed by atoms with Crippen LogP contribution in [0.25, 0.3) is 44.2 Å². The van der Waals surface area contributed by atoms with Crippen LogP contribution in [0.5, 0.6) is 0 Å². The second kappa shape index (κ2) is 8.07. The van der Waals surface area contributed by atoms with Crippen LogP contribution in [0.1, 0.15) is 22.3 Å². The van der Waals surface area contributed by atoms with E-state index in [1.54, 1.807) is 6.07 Å². The molecule has 3 nitrogen and oxygen atoms in total. The summed E-state index contributed by atoms with van der Waals surface area (Å²) in [5.74, 6) is 0. The fraction of sp³-hybridized carbons (Fsp3) is 0.0286. The van der Waals surface area contributed by atoms with Crippen molar-refractivity contribution < 1.29 is 5.48 Å². The second-order valence-corrected chi connectivity index (χ2v) is 9.88. The Morgan fingerprint density at radius 3 is 1.50 bits per heavy atom. The van der Waals surface area contributed by atoms with Gasteiger partial charge >= 0.3 is 0 Å². The standard InChI is InChI=1S/C35H21NO.H2O/c37-36-33-19-8-4-13-26(33)22-20-21-28-25-12-3-7-17-31(25)35(32-18-9-14-27(22)34(28)32)29-15-5-1-10-23(29)24-11-2-6-16-30(24)35;/h1-21H;1H2. The molecule has 0 radical (unpaired) electrons. The third kappa shape index (κ3) is 2.61. The van der Waals surface area contributed by atoms with Gasteiger partial charge in [-0.1, -0.05) is 121 Å². The minimum atomic E-state index is -0.419. The molecule has 0 saturated carbocycles. The van der Waals surface area contributed by atoms with E-state index in [1.807, 2.05) is 18.2 Å². The summed E-state index contributed by atoms with van der Waals surface area (Å²) in [7, 11) is 0. The Bertz CT molecular complexity index is 1870. The zero-order valence-electron chi connectivity index (χ0n) is 20.5. The summed E-state index contributed by atoms with van der Waals surface area (Å²) in [5, 5.41) is 5.73. The van der Waals surface area contributed by atoms with Crippen LogP contribution in [0.4, 0.5) is 5.69 Å². The molecule has 2 aliphatic rings. The summed E-state index contributed by atoms with van der Waals surface area (Å²) in [6, 6.07) is 45.2. The Morgan fingerprint density at radius 1 is 0.421 bits per heavy atom. The van der Waals surface area contributed by atoms with Gasteiger partial charge in [-0.3, -0.25) is 0 Å². The van der Waals surface area contributed by atoms with E-state index in [-0.39, 0.29) is 5.48 Å². The molecule has 0 unspecified atom stereocenters. The van der Waals surface area contributed by atoms with Crippen molar-refractivity contribution in [2.75, 3.05) is 0 Å². The molecule has 6 aromatic carbocycles. The fourth-order valence-corrected chi connectivity index (χ4v) is 6.97. The van der Waals surface area contributed by atoms with Gasteiger partial charge in [-0.25, -0.2) is 0 Å². The number of nitrogens with zero attached hydrogens (tertiary/aromatic N) is 1. The van der Waals surface area contributed by atoms with Gasteiger partial charge in [0, 0.05) is 5.56 Å². The first kappa shape index (κ1) is 22.3. The summed E-state index contributed by atoms with van der Waals surface area (Å²) in [6.07, 6.45) is 0. The maximum absolute atomic E-state index is 11.7. The molecule has 2 aliphatic carbocycles. The molecule has 0 heterocycles. The van der Waals surface area contributed by atoms with Crippen LogP contribution in [0.2, 0.25) is 0 Å². The first-order chi connectivity index (χ1) is 18.3. The van der Waals surface area contributed by atoms with Crippen molar-refractivity contribution in [1.82, 2.24) is 0 Å². The molecule has 0 bridgehead atoms. The predicted octanol–water partition coefficient (Wildman–Crippen LogP) is 8.42. The molecular formula is C35H23NO2. The van der Waals surface area contributed by atoms with Gasteiger partial charge < -0.3 is 5.48 Å². The molecule has 0 fully saturated rings. The highest BCUT2D eigenvalue weighted by Gasteiger charge is 2.49. The second-order valence-electron chi connectivity index (χ2n) is 9.88. The van der Waals surface area contributed by atoms with Crippen molar-refractivity contribution in [3.63, 3.8) is 0 Å². The van der Waals surface area contributed by atoms with Crippen molar-refractivity contribution in [1.29, 1.82) is 0 Å². The number of hydrogen-bond donors (Lipinski definition) is 0. The zero-order valence-corrected chi connectivity index (χ0v) is 20.5. The highest BCUT2D eigenvalue weighted by molar-refractivity contribution is 6.12. The first-order valence-electron chi connectivity index (χ1n) is 12.6. The van der Waals surface area contributed by atoms with Crippen molar-refractivity contribution >= 4 is 16.5 Å². The number of nitroso groups, excluding NO2 is 1. The molecule has 0 amide bonds. The molecule has 0 aliphatic heterocycles. The van der Waals surface area contributed by atoms with Crippen molar-refractivity contribution in [3.8, 4) is 33.4 Å². The van der Waals surface area contributed by atoms with Gasteiger partial charge in [-0.2, -0.15) is 0 Å². The van der Waals surface area contributed by atoms with E-state index in [0.717, 1.165) is 16.5 Å². The van der Waals surface area contributed by atoms with Gasteiger partial charge in [0.1, 0.15) is 5.69 Å². The van der Waals surface area contributed by atoms with E-state index in [9.17, 15) is 4.91 Å². The lowest BCUT2D eigenvalue weighted by Crippen LogP contribution is -2.31. The van der Waals surface area contributed by atoms with Crippen molar-refractivity contribution in [3.05, 3.63) is 155 Å². The Labute approximate surface area is 220 Å². The van der Waals surface area contributed by atoms with Crippen LogP contribution in [0, 0.1) is 4.91 Å². The van der Waals surface area contributed by atoms with Crippen LogP contribution >= 0.6 is 0 Å². The van der Waals surface area contributed by atoms with Crippen LogP contribution in [0.15, 0.2) is 133 Å². The highest BCUT2D eigenvalue weighted by Crippen LogP contribution is 2.62. The third-order valence-corrected chi connectivity index (χ3v) is 8.31. The summed E-state index contributed by atoms with van der Waals surface area (Å²) >= 11 is 0. The molecule has 0 atom stereocenters. The first-order valence-corrected chi connectivity index (χ1v) is 12.6. The molecule has 3 heteroatoms. The average molecular weight is 490 g/mol. The lowest BCUT2D eigenvalue weighted by atomic mass is 9.61. The number of rotatable bonds is 2. The maximum Gasteiger partial charge on any atom is 0.115 e. The molecule has 2 N–H and O–H groups in total. The minimum Gasteiger partial charge on any atom is -0.412 e. The number of fused-ring (bicyclic) bond motifs is 9. The van der Waals surface area contributed by atoms with Crippen LogP contribution in [-0.2, 0) is 5.41 Å². The van der Waals surface area contributed by atoms with E-state index in [2.05, 4.69) is 108 Å². The quantitative estimate of drug-likeness (QED) is 0.225. The van der Waals surface area contributed by atoms with E-state index in [0.29, 0.717) is 5.69 Å². The molecule has 0 aromatic heterocycles. The van der Waals surface area contributed by atoms with Gasteiger partial charge in [-0.15, -0.1) is 4.91 Å². The Hall–Kier alpha value is -4.86. The molecule has 8 rings (SSSR count). The molecule has 180 valence electrons. The smallest absolute Gasteiger partial charge is 0.115 e. The van der Waals surface area contributed by atoms with Gasteiger partial charge in [0.2, 0.25) is 0 Å². The van der Waals surface area contributed by atoms with Crippen LogP contribution in [0.3, 0.4) is 0 Å². The highest BCUT2D eigenvalue weighted by atomic mass is 16.3. The molecule has 6 aromatic rings. The Kier molecular flexibility index (Phi) is 4.75. The van der Waals surface area contributed by atoms with Gasteiger partial charge in [0.25, 0.3) is 0 Å². The number of hydrogen-bond acceptors (Lipinski definition) is 2. The fourth-order valence-electron chi connectivity index (χ4n) is 6.97. The molecule has 38 heavy (non-hydrogen) atoms. The summed E-state index contributed by atoms with van der Waals surface area (Å²) in [4.78, 5) is 11.7. The lowest BCUT2D eigenvalue weighted by molar-refractivity contribution is 0.773. The maximum atomic E-state index is 11.7. The Morgan fingerprint density at radius 2 is 0.895 bits per heavy atom. The Balaban J connectivity index is 0.00000242. The van der Waals surface area contributed by atoms with E-state index in [1.165, 1.54) is 49.9 Å². The minimum absolute atomic E-state index is 0. The third-order valence-electron chi connectivity index (χ3n) is 8.31. The van der Waals surface area contributed by atoms with Gasteiger partial charge in [-0.05, 0) is 72.1 Å². The van der Waals surface area contributed by atoms with Crippen LogP contribution in [-0.4, -0.2) is 5.48 Å². The monoisotopic (exact) mass is 489 g/mol. The summed E-state index contributed by atoms with van der Waals surface area (Å²) in [5.41, 5.74) is 12.3. The topological polar surface area (TPSA) is 60.9 Å². The summed E-state index contributed by atoms with van der Waals surface area (Å²) < 4.78 is 0. The van der Waals surface area contributed by atoms with Gasteiger partial charge in [0.05, 0.1) is 5.41 Å². The van der Waals surface area contributed by atoms with Gasteiger partial charge in [0.15, 0.2) is 0 Å². The van der Waals surface area contributed by atoms with Crippen molar-refractivity contribution in [2.24, 2.45) is 5.18 Å². The zero-order chi connectivity index (χ0) is 24.6. The largest absolute Gasteiger partial charge is 0.412 e. The molecule has 0 saturated heterocycles. The predicted molar refractivity (Wildman–Crippen MR) is 155 cm³/mol. The van der Waals surface area contributed by atoms with E-state index >= 15 is 0 Å². The van der Waals surface area contributed by atoms with Crippen LogP contribution < -0.4 is 0 Å². The lowest BCUT2D eigenvalue weighted by Gasteiger charge is -2.40. The molecular weight excluding hydrogens is 466 g/mol. The summed E-state index contributed by atoms with van der Waals surface area (Å²) in [6.45, 7) is 0. The van der Waals surface area contributed by atoms with Crippen molar-refractivity contribution in [2.45, 2.75) is 5.41 Å². The average Bonchev–Trinajstić information content (AvgIpc) is 3.27. The SMILES string of the molecule is O.O=Nc1ccccc1-c1ccc2c3c(cccc13)C1(c3ccccc3-c3ccccc31)c1ccccc1-2. The van der Waals surface area contributed by atoms with E-state index in [4.69, 9.17) is 0 Å². The normalized spacial score (nSPS) is 13.4. The number of benzene rings is 6.